The van der Waals surface area contributed by atoms with Gasteiger partial charge in [-0.1, -0.05) is 64.5 Å². The molecule has 1 saturated heterocycles. The third-order valence-electron chi connectivity index (χ3n) is 4.21. The molecule has 1 heterocycles. The number of nitrogens with one attached hydrogen (secondary N) is 1. The number of rotatable bonds is 3. The van der Waals surface area contributed by atoms with Crippen molar-refractivity contribution in [2.75, 3.05) is 13.1 Å². The van der Waals surface area contributed by atoms with Gasteiger partial charge in [-0.3, -0.25) is 9.59 Å². The topological polar surface area (TPSA) is 49.4 Å². The van der Waals surface area contributed by atoms with Gasteiger partial charge in [0.2, 0.25) is 11.8 Å². The molecule has 1 fully saturated rings. The molecule has 0 spiro atoms. The van der Waals surface area contributed by atoms with Crippen molar-refractivity contribution in [2.24, 2.45) is 0 Å². The Hall–Kier alpha value is -2.40. The number of halogens is 1. The second-order valence-corrected chi connectivity index (χ2v) is 6.72. The average Bonchev–Trinajstić information content (AvgIpc) is 2.83. The Morgan fingerprint density at radius 3 is 2.60 bits per heavy atom. The van der Waals surface area contributed by atoms with Crippen LogP contribution in [0.3, 0.4) is 0 Å². The maximum atomic E-state index is 12.8. The number of hydrogen-bond donors (Lipinski definition) is 1. The van der Waals surface area contributed by atoms with Gasteiger partial charge in [0.05, 0.1) is 12.5 Å². The molecule has 1 aliphatic heterocycles. The minimum absolute atomic E-state index is 0.0288. The van der Waals surface area contributed by atoms with E-state index in [2.05, 4.69) is 21.2 Å². The molecule has 0 aliphatic carbocycles. The van der Waals surface area contributed by atoms with Crippen molar-refractivity contribution in [3.8, 4) is 0 Å². The molecule has 2 amide bonds. The molecular formula is C20H19BrN2O2. The molecule has 3 rings (SSSR count). The maximum Gasteiger partial charge on any atom is 0.247 e. The Morgan fingerprint density at radius 1 is 1.12 bits per heavy atom. The van der Waals surface area contributed by atoms with Crippen LogP contribution in [-0.4, -0.2) is 29.8 Å². The SMILES string of the molecule is O=C1CC(c2ccccc2)N(C(=O)/C=C/c2ccccc2Br)CCN1. The van der Waals surface area contributed by atoms with Gasteiger partial charge in [-0.15, -0.1) is 0 Å². The zero-order chi connectivity index (χ0) is 17.6. The highest BCUT2D eigenvalue weighted by atomic mass is 79.9. The van der Waals surface area contributed by atoms with Crippen LogP contribution in [0.5, 0.6) is 0 Å². The van der Waals surface area contributed by atoms with E-state index in [-0.39, 0.29) is 24.3 Å². The summed E-state index contributed by atoms with van der Waals surface area (Å²) in [5.41, 5.74) is 1.92. The molecule has 2 aromatic carbocycles. The fourth-order valence-corrected chi connectivity index (χ4v) is 3.35. The minimum Gasteiger partial charge on any atom is -0.354 e. The summed E-state index contributed by atoms with van der Waals surface area (Å²) in [6.07, 6.45) is 3.65. The number of amides is 2. The van der Waals surface area contributed by atoms with Gasteiger partial charge >= 0.3 is 0 Å². The van der Waals surface area contributed by atoms with E-state index in [0.717, 1.165) is 15.6 Å². The summed E-state index contributed by atoms with van der Waals surface area (Å²) in [4.78, 5) is 26.6. The average molecular weight is 399 g/mol. The molecule has 2 aromatic rings. The lowest BCUT2D eigenvalue weighted by atomic mass is 10.0. The van der Waals surface area contributed by atoms with Gasteiger partial charge in [-0.05, 0) is 23.3 Å². The predicted molar refractivity (Wildman–Crippen MR) is 102 cm³/mol. The summed E-state index contributed by atoms with van der Waals surface area (Å²) in [7, 11) is 0. The molecule has 25 heavy (non-hydrogen) atoms. The first kappa shape index (κ1) is 17.4. The van der Waals surface area contributed by atoms with Crippen molar-refractivity contribution in [3.63, 3.8) is 0 Å². The van der Waals surface area contributed by atoms with Crippen molar-refractivity contribution in [2.45, 2.75) is 12.5 Å². The fourth-order valence-electron chi connectivity index (χ4n) is 2.93. The minimum atomic E-state index is -0.250. The Balaban J connectivity index is 1.85. The van der Waals surface area contributed by atoms with Gasteiger partial charge in [-0.2, -0.15) is 0 Å². The highest BCUT2D eigenvalue weighted by Crippen LogP contribution is 2.26. The quantitative estimate of drug-likeness (QED) is 0.803. The van der Waals surface area contributed by atoms with E-state index in [4.69, 9.17) is 0 Å². The van der Waals surface area contributed by atoms with Crippen LogP contribution in [-0.2, 0) is 9.59 Å². The smallest absolute Gasteiger partial charge is 0.247 e. The first-order chi connectivity index (χ1) is 12.1. The lowest BCUT2D eigenvalue weighted by Gasteiger charge is -2.28. The zero-order valence-electron chi connectivity index (χ0n) is 13.7. The molecule has 0 radical (unpaired) electrons. The summed E-state index contributed by atoms with van der Waals surface area (Å²) in [6.45, 7) is 0.960. The van der Waals surface area contributed by atoms with Crippen LogP contribution in [0.25, 0.3) is 6.08 Å². The van der Waals surface area contributed by atoms with E-state index >= 15 is 0 Å². The normalized spacial score (nSPS) is 18.0. The number of carbonyl (C=O) groups is 2. The van der Waals surface area contributed by atoms with E-state index in [0.29, 0.717) is 13.1 Å². The molecule has 1 aliphatic rings. The number of nitrogens with zero attached hydrogens (tertiary/aromatic N) is 1. The largest absolute Gasteiger partial charge is 0.354 e. The molecule has 0 aromatic heterocycles. The van der Waals surface area contributed by atoms with Gasteiger partial charge < -0.3 is 10.2 Å². The highest BCUT2D eigenvalue weighted by molar-refractivity contribution is 9.10. The molecule has 0 saturated carbocycles. The summed E-state index contributed by atoms with van der Waals surface area (Å²) in [5, 5.41) is 2.85. The van der Waals surface area contributed by atoms with Gasteiger partial charge in [0.1, 0.15) is 0 Å². The molecule has 0 bridgehead atoms. The first-order valence-corrected chi connectivity index (χ1v) is 8.99. The monoisotopic (exact) mass is 398 g/mol. The van der Waals surface area contributed by atoms with Crippen LogP contribution in [0, 0.1) is 0 Å². The summed E-state index contributed by atoms with van der Waals surface area (Å²) >= 11 is 3.48. The standard InChI is InChI=1S/C20H19BrN2O2/c21-17-9-5-4-6-15(17)10-11-20(25)23-13-12-22-19(24)14-18(23)16-7-2-1-3-8-16/h1-11,18H,12-14H2,(H,22,24)/b11-10+. The Bertz CT molecular complexity index is 789. The van der Waals surface area contributed by atoms with Gasteiger partial charge in [0.25, 0.3) is 0 Å². The second-order valence-electron chi connectivity index (χ2n) is 5.87. The molecule has 128 valence electrons. The van der Waals surface area contributed by atoms with Gasteiger partial charge in [0.15, 0.2) is 0 Å². The van der Waals surface area contributed by atoms with E-state index in [1.165, 1.54) is 0 Å². The third kappa shape index (κ3) is 4.37. The van der Waals surface area contributed by atoms with Crippen LogP contribution < -0.4 is 5.32 Å². The lowest BCUT2D eigenvalue weighted by molar-refractivity contribution is -0.128. The van der Waals surface area contributed by atoms with Crippen LogP contribution in [0.4, 0.5) is 0 Å². The van der Waals surface area contributed by atoms with Crippen molar-refractivity contribution in [1.82, 2.24) is 10.2 Å². The van der Waals surface area contributed by atoms with Crippen LogP contribution in [0.15, 0.2) is 65.1 Å². The van der Waals surface area contributed by atoms with Crippen LogP contribution in [0.2, 0.25) is 0 Å². The third-order valence-corrected chi connectivity index (χ3v) is 4.93. The summed E-state index contributed by atoms with van der Waals surface area (Å²) in [5.74, 6) is -0.125. The lowest BCUT2D eigenvalue weighted by Crippen LogP contribution is -2.35. The second kappa shape index (κ2) is 8.12. The fraction of sp³-hybridized carbons (Fsp3) is 0.200. The Labute approximate surface area is 155 Å². The van der Waals surface area contributed by atoms with Crippen molar-refractivity contribution in [1.29, 1.82) is 0 Å². The number of carbonyl (C=O) groups excluding carboxylic acids is 2. The van der Waals surface area contributed by atoms with Gasteiger partial charge in [0, 0.05) is 23.6 Å². The molecule has 4 nitrogen and oxygen atoms in total. The summed E-state index contributed by atoms with van der Waals surface area (Å²) < 4.78 is 0.936. The molecule has 1 unspecified atom stereocenters. The highest BCUT2D eigenvalue weighted by Gasteiger charge is 2.28. The van der Waals surface area contributed by atoms with Crippen molar-refractivity contribution in [3.05, 3.63) is 76.3 Å². The van der Waals surface area contributed by atoms with Gasteiger partial charge in [-0.25, -0.2) is 0 Å². The van der Waals surface area contributed by atoms with E-state index < -0.39 is 0 Å². The van der Waals surface area contributed by atoms with E-state index in [1.807, 2.05) is 54.6 Å². The Kier molecular flexibility index (Phi) is 5.66. The van der Waals surface area contributed by atoms with E-state index in [9.17, 15) is 9.59 Å². The van der Waals surface area contributed by atoms with E-state index in [1.54, 1.807) is 17.1 Å². The van der Waals surface area contributed by atoms with Crippen molar-refractivity contribution >= 4 is 33.8 Å². The predicted octanol–water partition coefficient (Wildman–Crippen LogP) is 3.55. The molecule has 1 N–H and O–H groups in total. The number of hydrogen-bond acceptors (Lipinski definition) is 2. The van der Waals surface area contributed by atoms with Crippen LogP contribution in [0.1, 0.15) is 23.6 Å². The first-order valence-electron chi connectivity index (χ1n) is 8.20. The van der Waals surface area contributed by atoms with Crippen LogP contribution >= 0.6 is 15.9 Å². The molecular weight excluding hydrogens is 380 g/mol. The molecule has 5 heteroatoms. The number of benzene rings is 2. The Morgan fingerprint density at radius 2 is 1.84 bits per heavy atom. The van der Waals surface area contributed by atoms with Crippen molar-refractivity contribution < 1.29 is 9.59 Å². The molecule has 1 atom stereocenters. The zero-order valence-corrected chi connectivity index (χ0v) is 15.3. The maximum absolute atomic E-state index is 12.8. The summed E-state index contributed by atoms with van der Waals surface area (Å²) in [6, 6.07) is 17.2.